The quantitative estimate of drug-likeness (QED) is 0.639. The third-order valence-electron chi connectivity index (χ3n) is 2.90. The van der Waals surface area contributed by atoms with E-state index in [1.165, 1.54) is 0 Å². The van der Waals surface area contributed by atoms with Crippen molar-refractivity contribution in [1.82, 2.24) is 0 Å². The Hall–Kier alpha value is -1.65. The Morgan fingerprint density at radius 3 is 2.59 bits per heavy atom. The number of halogens is 2. The van der Waals surface area contributed by atoms with Gasteiger partial charge in [-0.1, -0.05) is 0 Å². The zero-order valence-corrected chi connectivity index (χ0v) is 9.21. The minimum Gasteiger partial charge on any atom is -0.459 e. The van der Waals surface area contributed by atoms with Gasteiger partial charge in [-0.25, -0.2) is 13.6 Å². The van der Waals surface area contributed by atoms with Crippen LogP contribution in [0.4, 0.5) is 14.5 Å². The lowest BCUT2D eigenvalue weighted by molar-refractivity contribution is 0.0307. The second kappa shape index (κ2) is 4.69. The molecule has 0 amide bonds. The number of esters is 1. The van der Waals surface area contributed by atoms with Gasteiger partial charge in [0.25, 0.3) is 0 Å². The topological polar surface area (TPSA) is 52.3 Å². The van der Waals surface area contributed by atoms with Gasteiger partial charge in [-0.2, -0.15) is 0 Å². The van der Waals surface area contributed by atoms with Crippen molar-refractivity contribution in [2.75, 3.05) is 5.73 Å². The van der Waals surface area contributed by atoms with Crippen molar-refractivity contribution < 1.29 is 18.3 Å². The number of carbonyl (C=O) groups is 1. The maximum atomic E-state index is 13.5. The van der Waals surface area contributed by atoms with Crippen LogP contribution in [0.25, 0.3) is 0 Å². The number of nitrogen functional groups attached to an aromatic ring is 1. The average Bonchev–Trinajstić information content (AvgIpc) is 2.77. The molecule has 17 heavy (non-hydrogen) atoms. The molecule has 1 aliphatic carbocycles. The summed E-state index contributed by atoms with van der Waals surface area (Å²) >= 11 is 0. The summed E-state index contributed by atoms with van der Waals surface area (Å²) in [5.41, 5.74) is 4.33. The summed E-state index contributed by atoms with van der Waals surface area (Å²) in [5, 5.41) is 0. The van der Waals surface area contributed by atoms with Crippen LogP contribution in [-0.2, 0) is 4.74 Å². The Kier molecular flexibility index (Phi) is 3.26. The van der Waals surface area contributed by atoms with Gasteiger partial charge >= 0.3 is 5.97 Å². The minimum atomic E-state index is -1.05. The standard InChI is InChI=1S/C12H13F2NO2/c13-8-5-6-9(15)11(14)10(8)12(16)17-7-3-1-2-4-7/h5-7H,1-4,15H2. The van der Waals surface area contributed by atoms with Crippen LogP contribution in [0.15, 0.2) is 12.1 Å². The van der Waals surface area contributed by atoms with Crippen molar-refractivity contribution in [3.8, 4) is 0 Å². The number of hydrogen-bond donors (Lipinski definition) is 1. The van der Waals surface area contributed by atoms with Gasteiger partial charge in [-0.15, -0.1) is 0 Å². The summed E-state index contributed by atoms with van der Waals surface area (Å²) in [4.78, 5) is 11.6. The van der Waals surface area contributed by atoms with E-state index in [2.05, 4.69) is 0 Å². The van der Waals surface area contributed by atoms with Gasteiger partial charge < -0.3 is 10.5 Å². The number of ether oxygens (including phenoxy) is 1. The highest BCUT2D eigenvalue weighted by atomic mass is 19.1. The highest BCUT2D eigenvalue weighted by molar-refractivity contribution is 5.91. The Labute approximate surface area is 97.6 Å². The molecule has 1 aromatic rings. The molecule has 1 aromatic carbocycles. The van der Waals surface area contributed by atoms with Gasteiger partial charge in [-0.3, -0.25) is 0 Å². The van der Waals surface area contributed by atoms with E-state index < -0.39 is 23.2 Å². The van der Waals surface area contributed by atoms with Crippen molar-refractivity contribution in [2.24, 2.45) is 0 Å². The zero-order valence-electron chi connectivity index (χ0n) is 9.21. The van der Waals surface area contributed by atoms with Crippen LogP contribution in [0.3, 0.4) is 0 Å². The predicted octanol–water partition coefficient (Wildman–Crippen LogP) is 2.65. The molecule has 5 heteroatoms. The molecule has 1 fully saturated rings. The second-order valence-electron chi connectivity index (χ2n) is 4.14. The van der Waals surface area contributed by atoms with E-state index in [0.717, 1.165) is 37.8 Å². The number of carbonyl (C=O) groups excluding carboxylic acids is 1. The molecule has 0 unspecified atom stereocenters. The fourth-order valence-electron chi connectivity index (χ4n) is 1.97. The average molecular weight is 241 g/mol. The van der Waals surface area contributed by atoms with Gasteiger partial charge in [0, 0.05) is 0 Å². The number of nitrogens with two attached hydrogens (primary N) is 1. The molecule has 2 N–H and O–H groups in total. The fraction of sp³-hybridized carbons (Fsp3) is 0.417. The van der Waals surface area contributed by atoms with E-state index in [-0.39, 0.29) is 11.8 Å². The zero-order chi connectivity index (χ0) is 12.4. The molecule has 0 atom stereocenters. The monoisotopic (exact) mass is 241 g/mol. The number of benzene rings is 1. The summed E-state index contributed by atoms with van der Waals surface area (Å²) < 4.78 is 31.9. The third-order valence-corrected chi connectivity index (χ3v) is 2.90. The highest BCUT2D eigenvalue weighted by Crippen LogP contribution is 2.24. The lowest BCUT2D eigenvalue weighted by Crippen LogP contribution is -2.18. The fourth-order valence-corrected chi connectivity index (χ4v) is 1.97. The van der Waals surface area contributed by atoms with Gasteiger partial charge in [-0.05, 0) is 37.8 Å². The lowest BCUT2D eigenvalue weighted by Gasteiger charge is -2.12. The molecule has 0 aromatic heterocycles. The summed E-state index contributed by atoms with van der Waals surface area (Å²) in [5.74, 6) is -2.97. The van der Waals surface area contributed by atoms with E-state index in [1.54, 1.807) is 0 Å². The summed E-state index contributed by atoms with van der Waals surface area (Å²) in [6.07, 6.45) is 3.21. The number of rotatable bonds is 2. The first-order chi connectivity index (χ1) is 8.09. The normalized spacial score (nSPS) is 16.1. The Morgan fingerprint density at radius 1 is 1.29 bits per heavy atom. The van der Waals surface area contributed by atoms with Crippen LogP contribution in [0.2, 0.25) is 0 Å². The molecular formula is C12H13F2NO2. The third kappa shape index (κ3) is 2.38. The highest BCUT2D eigenvalue weighted by Gasteiger charge is 2.25. The molecule has 0 radical (unpaired) electrons. The van der Waals surface area contributed by atoms with E-state index in [0.29, 0.717) is 0 Å². The molecule has 2 rings (SSSR count). The van der Waals surface area contributed by atoms with E-state index >= 15 is 0 Å². The SMILES string of the molecule is Nc1ccc(F)c(C(=O)OC2CCCC2)c1F. The van der Waals surface area contributed by atoms with Crippen LogP contribution in [0.1, 0.15) is 36.0 Å². The van der Waals surface area contributed by atoms with Crippen molar-refractivity contribution >= 4 is 11.7 Å². The smallest absolute Gasteiger partial charge is 0.344 e. The molecule has 92 valence electrons. The van der Waals surface area contributed by atoms with E-state index in [4.69, 9.17) is 10.5 Å². The second-order valence-corrected chi connectivity index (χ2v) is 4.14. The Bertz CT molecular complexity index is 442. The molecule has 0 spiro atoms. The van der Waals surface area contributed by atoms with Crippen molar-refractivity contribution in [3.05, 3.63) is 29.3 Å². The molecule has 0 aliphatic heterocycles. The van der Waals surface area contributed by atoms with Crippen molar-refractivity contribution in [1.29, 1.82) is 0 Å². The molecule has 0 bridgehead atoms. The van der Waals surface area contributed by atoms with Gasteiger partial charge in [0.1, 0.15) is 17.5 Å². The van der Waals surface area contributed by atoms with Crippen LogP contribution >= 0.6 is 0 Å². The molecule has 1 aliphatic rings. The summed E-state index contributed by atoms with van der Waals surface area (Å²) in [6, 6.07) is 2.04. The van der Waals surface area contributed by atoms with Gasteiger partial charge in [0.2, 0.25) is 0 Å². The first-order valence-corrected chi connectivity index (χ1v) is 5.54. The largest absolute Gasteiger partial charge is 0.459 e. The van der Waals surface area contributed by atoms with Crippen LogP contribution in [0, 0.1) is 11.6 Å². The van der Waals surface area contributed by atoms with E-state index in [1.807, 2.05) is 0 Å². The van der Waals surface area contributed by atoms with Gasteiger partial charge in [0.05, 0.1) is 5.69 Å². The van der Waals surface area contributed by atoms with Crippen molar-refractivity contribution in [3.63, 3.8) is 0 Å². The first-order valence-electron chi connectivity index (χ1n) is 5.54. The maximum absolute atomic E-state index is 13.5. The molecule has 0 heterocycles. The Balaban J connectivity index is 2.21. The maximum Gasteiger partial charge on any atom is 0.344 e. The molecular weight excluding hydrogens is 228 g/mol. The van der Waals surface area contributed by atoms with E-state index in [9.17, 15) is 13.6 Å². The lowest BCUT2D eigenvalue weighted by atomic mass is 10.1. The molecule has 1 saturated carbocycles. The van der Waals surface area contributed by atoms with Crippen LogP contribution < -0.4 is 5.73 Å². The van der Waals surface area contributed by atoms with Gasteiger partial charge in [0.15, 0.2) is 5.82 Å². The minimum absolute atomic E-state index is 0.234. The van der Waals surface area contributed by atoms with Crippen LogP contribution in [0.5, 0.6) is 0 Å². The molecule has 3 nitrogen and oxygen atoms in total. The molecule has 0 saturated heterocycles. The summed E-state index contributed by atoms with van der Waals surface area (Å²) in [6.45, 7) is 0. The van der Waals surface area contributed by atoms with Crippen LogP contribution in [-0.4, -0.2) is 12.1 Å². The number of hydrogen-bond acceptors (Lipinski definition) is 3. The van der Waals surface area contributed by atoms with Crippen molar-refractivity contribution in [2.45, 2.75) is 31.8 Å². The predicted molar refractivity (Wildman–Crippen MR) is 58.4 cm³/mol. The first kappa shape index (κ1) is 11.8. The Morgan fingerprint density at radius 2 is 1.94 bits per heavy atom. The summed E-state index contributed by atoms with van der Waals surface area (Å²) in [7, 11) is 0. The number of anilines is 1.